The van der Waals surface area contributed by atoms with Crippen molar-refractivity contribution in [2.75, 3.05) is 16.8 Å². The van der Waals surface area contributed by atoms with E-state index in [0.29, 0.717) is 16.7 Å². The second-order valence-corrected chi connectivity index (χ2v) is 10.5. The van der Waals surface area contributed by atoms with E-state index in [2.05, 4.69) is 26.1 Å². The Labute approximate surface area is 195 Å². The number of hydrogen-bond acceptors (Lipinski definition) is 4. The first-order valence-electron chi connectivity index (χ1n) is 11.1. The van der Waals surface area contributed by atoms with Crippen molar-refractivity contribution in [1.29, 1.82) is 0 Å². The molecular weight excluding hydrogens is 470 g/mol. The van der Waals surface area contributed by atoms with Crippen LogP contribution in [0.3, 0.4) is 0 Å². The van der Waals surface area contributed by atoms with Crippen molar-refractivity contribution in [3.63, 3.8) is 0 Å². The average Bonchev–Trinajstić information content (AvgIpc) is 3.42. The van der Waals surface area contributed by atoms with Crippen molar-refractivity contribution >= 4 is 45.0 Å². The van der Waals surface area contributed by atoms with Gasteiger partial charge in [-0.15, -0.1) is 0 Å². The third kappa shape index (κ3) is 2.26. The first-order valence-corrected chi connectivity index (χ1v) is 11.9. The van der Waals surface area contributed by atoms with E-state index in [1.54, 1.807) is 0 Å². The van der Waals surface area contributed by atoms with Crippen LogP contribution < -0.4 is 10.2 Å². The molecule has 4 unspecified atom stereocenters. The van der Waals surface area contributed by atoms with E-state index in [4.69, 9.17) is 0 Å². The Morgan fingerprint density at radius 2 is 1.81 bits per heavy atom. The molecule has 0 bridgehead atoms. The van der Waals surface area contributed by atoms with Crippen LogP contribution in [0.4, 0.5) is 11.4 Å². The quantitative estimate of drug-likeness (QED) is 0.613. The van der Waals surface area contributed by atoms with Gasteiger partial charge in [0.2, 0.25) is 17.7 Å². The Morgan fingerprint density at radius 1 is 1.03 bits per heavy atom. The smallest absolute Gasteiger partial charge is 0.250 e. The molecule has 6 rings (SSSR count). The minimum Gasteiger partial charge on any atom is -0.324 e. The summed E-state index contributed by atoms with van der Waals surface area (Å²) in [4.78, 5) is 45.1. The van der Waals surface area contributed by atoms with Gasteiger partial charge in [-0.25, -0.2) is 4.90 Å². The summed E-state index contributed by atoms with van der Waals surface area (Å²) in [5.41, 5.74) is 4.14. The van der Waals surface area contributed by atoms with Gasteiger partial charge < -0.3 is 5.32 Å². The van der Waals surface area contributed by atoms with Gasteiger partial charge in [0, 0.05) is 21.8 Å². The average molecular weight is 494 g/mol. The molecule has 32 heavy (non-hydrogen) atoms. The zero-order valence-corrected chi connectivity index (χ0v) is 19.8. The highest BCUT2D eigenvalue weighted by atomic mass is 79.9. The summed E-state index contributed by atoms with van der Waals surface area (Å²) in [6.45, 7) is 6.67. The van der Waals surface area contributed by atoms with Crippen molar-refractivity contribution in [1.82, 2.24) is 4.90 Å². The van der Waals surface area contributed by atoms with Gasteiger partial charge in [0.05, 0.1) is 17.5 Å². The minimum atomic E-state index is -1.13. The molecule has 7 heteroatoms. The molecule has 3 fully saturated rings. The molecule has 0 aliphatic carbocycles. The number of amides is 3. The lowest BCUT2D eigenvalue weighted by atomic mass is 9.75. The van der Waals surface area contributed by atoms with E-state index in [0.717, 1.165) is 40.8 Å². The van der Waals surface area contributed by atoms with Crippen LogP contribution in [0.15, 0.2) is 34.8 Å². The number of aryl methyl sites for hydroxylation is 3. The molecule has 1 N–H and O–H groups in total. The molecule has 164 valence electrons. The maximum absolute atomic E-state index is 14.0. The molecule has 6 nitrogen and oxygen atoms in total. The number of hydrogen-bond donors (Lipinski definition) is 1. The molecule has 4 aliphatic heterocycles. The van der Waals surface area contributed by atoms with E-state index in [1.165, 1.54) is 4.90 Å². The number of anilines is 2. The number of carbonyl (C=O) groups excluding carboxylic acids is 3. The van der Waals surface area contributed by atoms with Crippen LogP contribution >= 0.6 is 15.9 Å². The predicted octanol–water partition coefficient (Wildman–Crippen LogP) is 3.81. The molecule has 0 radical (unpaired) electrons. The van der Waals surface area contributed by atoms with Crippen molar-refractivity contribution in [3.8, 4) is 0 Å². The van der Waals surface area contributed by atoms with E-state index >= 15 is 0 Å². The normalized spacial score (nSPS) is 30.8. The van der Waals surface area contributed by atoms with Crippen LogP contribution in [-0.4, -0.2) is 35.2 Å². The van der Waals surface area contributed by atoms with Gasteiger partial charge in [0.1, 0.15) is 5.54 Å². The number of fused-ring (bicyclic) bond motifs is 7. The number of carbonyl (C=O) groups is 3. The summed E-state index contributed by atoms with van der Waals surface area (Å²) in [5, 5.41) is 3.09. The molecule has 3 saturated heterocycles. The van der Waals surface area contributed by atoms with Gasteiger partial charge in [0.25, 0.3) is 0 Å². The highest BCUT2D eigenvalue weighted by Gasteiger charge is 2.74. The van der Waals surface area contributed by atoms with E-state index in [-0.39, 0.29) is 23.8 Å². The standard InChI is InChI=1S/C25H24BrN3O3/c1-12-6-7-17(16(26)11-12)29-22(30)19-18-5-4-8-28(18)25(20(19)23(29)31)15-10-13(2)9-14(3)21(15)27-24(25)32/h6-7,9-11,18-20H,4-5,8H2,1-3H3,(H,27,32). The molecule has 4 aliphatic rings. The van der Waals surface area contributed by atoms with Gasteiger partial charge in [0.15, 0.2) is 0 Å². The number of halogens is 1. The van der Waals surface area contributed by atoms with Crippen LogP contribution in [0.25, 0.3) is 0 Å². The minimum absolute atomic E-state index is 0.108. The summed E-state index contributed by atoms with van der Waals surface area (Å²) in [6.07, 6.45) is 1.73. The maximum Gasteiger partial charge on any atom is 0.250 e. The van der Waals surface area contributed by atoms with Gasteiger partial charge >= 0.3 is 0 Å². The van der Waals surface area contributed by atoms with Crippen molar-refractivity contribution in [3.05, 3.63) is 57.1 Å². The molecule has 2 aromatic carbocycles. The van der Waals surface area contributed by atoms with Crippen LogP contribution in [0, 0.1) is 32.6 Å². The van der Waals surface area contributed by atoms with Crippen LogP contribution in [0.2, 0.25) is 0 Å². The fourth-order valence-corrected chi connectivity index (χ4v) is 7.36. The molecule has 2 aromatic rings. The molecule has 4 atom stereocenters. The van der Waals surface area contributed by atoms with Gasteiger partial charge in [-0.2, -0.15) is 0 Å². The van der Waals surface area contributed by atoms with Crippen molar-refractivity contribution in [2.24, 2.45) is 11.8 Å². The van der Waals surface area contributed by atoms with Crippen LogP contribution in [0.5, 0.6) is 0 Å². The summed E-state index contributed by atoms with van der Waals surface area (Å²) in [5.74, 6) is -1.89. The first kappa shape index (κ1) is 20.1. The Balaban J connectivity index is 1.58. The molecular formula is C25H24BrN3O3. The third-order valence-corrected chi connectivity index (χ3v) is 8.42. The number of nitrogens with one attached hydrogen (secondary N) is 1. The summed E-state index contributed by atoms with van der Waals surface area (Å²) in [6, 6.07) is 9.58. The molecule has 0 aromatic heterocycles. The Kier molecular flexibility index (Phi) is 4.10. The molecule has 3 amide bonds. The van der Waals surface area contributed by atoms with Crippen molar-refractivity contribution in [2.45, 2.75) is 45.2 Å². The number of nitrogens with zero attached hydrogens (tertiary/aromatic N) is 2. The van der Waals surface area contributed by atoms with Gasteiger partial charge in [-0.05, 0) is 79.3 Å². The van der Waals surface area contributed by atoms with Gasteiger partial charge in [-0.1, -0.05) is 23.8 Å². The molecule has 4 heterocycles. The zero-order valence-electron chi connectivity index (χ0n) is 18.2. The second kappa shape index (κ2) is 6.51. The van der Waals surface area contributed by atoms with Crippen LogP contribution in [0.1, 0.15) is 35.1 Å². The number of rotatable bonds is 1. The predicted molar refractivity (Wildman–Crippen MR) is 124 cm³/mol. The largest absolute Gasteiger partial charge is 0.324 e. The SMILES string of the molecule is Cc1ccc(N2C(=O)C3C4CCCN4C4(C(=O)Nc5c(C)cc(C)cc54)C3C2=O)c(Br)c1. The van der Waals surface area contributed by atoms with E-state index < -0.39 is 17.4 Å². The van der Waals surface area contributed by atoms with E-state index in [9.17, 15) is 14.4 Å². The third-order valence-electron chi connectivity index (χ3n) is 7.79. The fraction of sp³-hybridized carbons (Fsp3) is 0.400. The van der Waals surface area contributed by atoms with Gasteiger partial charge in [-0.3, -0.25) is 19.3 Å². The topological polar surface area (TPSA) is 69.7 Å². The number of imide groups is 1. The Morgan fingerprint density at radius 3 is 2.56 bits per heavy atom. The summed E-state index contributed by atoms with van der Waals surface area (Å²) >= 11 is 3.54. The fourth-order valence-electron chi connectivity index (χ4n) is 6.69. The Hall–Kier alpha value is -2.51. The molecule has 1 spiro atoms. The lowest BCUT2D eigenvalue weighted by Crippen LogP contribution is -2.54. The molecule has 0 saturated carbocycles. The lowest BCUT2D eigenvalue weighted by Gasteiger charge is -2.37. The maximum atomic E-state index is 14.0. The van der Waals surface area contributed by atoms with Crippen LogP contribution in [-0.2, 0) is 19.9 Å². The lowest BCUT2D eigenvalue weighted by molar-refractivity contribution is -0.135. The highest BCUT2D eigenvalue weighted by Crippen LogP contribution is 2.61. The zero-order chi connectivity index (χ0) is 22.5. The summed E-state index contributed by atoms with van der Waals surface area (Å²) in [7, 11) is 0. The Bertz CT molecular complexity index is 1240. The highest BCUT2D eigenvalue weighted by molar-refractivity contribution is 9.10. The summed E-state index contributed by atoms with van der Waals surface area (Å²) < 4.78 is 0.708. The van der Waals surface area contributed by atoms with E-state index in [1.807, 2.05) is 51.1 Å². The van der Waals surface area contributed by atoms with Crippen molar-refractivity contribution < 1.29 is 14.4 Å². The first-order chi connectivity index (χ1) is 15.3. The second-order valence-electron chi connectivity index (χ2n) is 9.60. The number of benzene rings is 2. The monoisotopic (exact) mass is 493 g/mol.